The van der Waals surface area contributed by atoms with Gasteiger partial charge in [0.05, 0.1) is 5.56 Å². The number of hydrogen-bond donors (Lipinski definition) is 1. The monoisotopic (exact) mass is 276 g/mol. The topological polar surface area (TPSA) is 37.3 Å². The minimum Gasteiger partial charge on any atom is -0.478 e. The van der Waals surface area contributed by atoms with Gasteiger partial charge in [-0.15, -0.1) is 0 Å². The van der Waals surface area contributed by atoms with Crippen LogP contribution in [0.15, 0.2) is 53.0 Å². The number of aromatic carboxylic acids is 1. The van der Waals surface area contributed by atoms with Crippen LogP contribution in [0.4, 0.5) is 0 Å². The fourth-order valence-corrected chi connectivity index (χ4v) is 1.82. The second-order valence-electron chi connectivity index (χ2n) is 3.36. The largest absolute Gasteiger partial charge is 0.478 e. The van der Waals surface area contributed by atoms with Crippen molar-refractivity contribution in [1.29, 1.82) is 0 Å². The van der Waals surface area contributed by atoms with Crippen LogP contribution in [0, 0.1) is 0 Å². The first-order valence-electron chi connectivity index (χ1n) is 4.77. The highest BCUT2D eigenvalue weighted by Crippen LogP contribution is 2.25. The number of benzene rings is 2. The number of carboxylic acids is 1. The molecule has 80 valence electrons. The molecule has 0 unspecified atom stereocenters. The van der Waals surface area contributed by atoms with E-state index in [1.54, 1.807) is 12.1 Å². The van der Waals surface area contributed by atoms with Crippen molar-refractivity contribution < 1.29 is 9.90 Å². The Morgan fingerprint density at radius 3 is 2.25 bits per heavy atom. The summed E-state index contributed by atoms with van der Waals surface area (Å²) in [5.74, 6) is -0.904. The molecule has 0 aliphatic heterocycles. The predicted octanol–water partition coefficient (Wildman–Crippen LogP) is 3.81. The zero-order valence-corrected chi connectivity index (χ0v) is 9.94. The van der Waals surface area contributed by atoms with Gasteiger partial charge in [0.25, 0.3) is 0 Å². The van der Waals surface area contributed by atoms with Gasteiger partial charge in [-0.05, 0) is 29.3 Å². The maximum atomic E-state index is 11.1. The Kier molecular flexibility index (Phi) is 3.06. The molecule has 0 heterocycles. The Hall–Kier alpha value is -1.61. The number of carboxylic acid groups (broad SMARTS) is 1. The smallest absolute Gasteiger partial charge is 0.336 e. The highest BCUT2D eigenvalue weighted by molar-refractivity contribution is 9.10. The minimum absolute atomic E-state index is 0.324. The molecule has 0 aliphatic rings. The quantitative estimate of drug-likeness (QED) is 0.906. The lowest BCUT2D eigenvalue weighted by Gasteiger charge is -2.05. The van der Waals surface area contributed by atoms with E-state index in [-0.39, 0.29) is 0 Å². The normalized spacial score (nSPS) is 10.1. The predicted molar refractivity (Wildman–Crippen MR) is 66.5 cm³/mol. The van der Waals surface area contributed by atoms with Crippen molar-refractivity contribution in [2.75, 3.05) is 0 Å². The van der Waals surface area contributed by atoms with Crippen molar-refractivity contribution in [2.24, 2.45) is 0 Å². The Balaban J connectivity index is 2.55. The first kappa shape index (κ1) is 10.9. The third kappa shape index (κ3) is 2.14. The fraction of sp³-hybridized carbons (Fsp3) is 0. The number of halogens is 1. The van der Waals surface area contributed by atoms with Crippen LogP contribution in [0.2, 0.25) is 0 Å². The van der Waals surface area contributed by atoms with E-state index in [0.29, 0.717) is 5.56 Å². The number of rotatable bonds is 2. The molecule has 2 aromatic carbocycles. The van der Waals surface area contributed by atoms with Gasteiger partial charge in [-0.25, -0.2) is 4.79 Å². The van der Waals surface area contributed by atoms with Crippen molar-refractivity contribution in [3.63, 3.8) is 0 Å². The van der Waals surface area contributed by atoms with Crippen LogP contribution in [-0.2, 0) is 0 Å². The van der Waals surface area contributed by atoms with E-state index in [1.165, 1.54) is 0 Å². The summed E-state index contributed by atoms with van der Waals surface area (Å²) in [6, 6.07) is 14.6. The van der Waals surface area contributed by atoms with Crippen LogP contribution >= 0.6 is 15.9 Å². The molecule has 0 saturated carbocycles. The van der Waals surface area contributed by atoms with Gasteiger partial charge in [0, 0.05) is 4.47 Å². The average molecular weight is 277 g/mol. The molecule has 2 aromatic rings. The lowest BCUT2D eigenvalue weighted by Crippen LogP contribution is -1.98. The Bertz CT molecular complexity index is 518. The van der Waals surface area contributed by atoms with Gasteiger partial charge < -0.3 is 5.11 Å². The minimum atomic E-state index is -0.904. The molecule has 0 spiro atoms. The van der Waals surface area contributed by atoms with Crippen molar-refractivity contribution in [2.45, 2.75) is 0 Å². The lowest BCUT2D eigenvalue weighted by atomic mass is 10.00. The summed E-state index contributed by atoms with van der Waals surface area (Å²) in [5, 5.41) is 9.07. The number of hydrogen-bond acceptors (Lipinski definition) is 1. The van der Waals surface area contributed by atoms with Gasteiger partial charge in [0.2, 0.25) is 0 Å². The van der Waals surface area contributed by atoms with Gasteiger partial charge >= 0.3 is 5.97 Å². The molecular weight excluding hydrogens is 268 g/mol. The molecule has 1 N–H and O–H groups in total. The van der Waals surface area contributed by atoms with Gasteiger partial charge in [-0.2, -0.15) is 0 Å². The summed E-state index contributed by atoms with van der Waals surface area (Å²) in [6.07, 6.45) is 0. The summed E-state index contributed by atoms with van der Waals surface area (Å²) < 4.78 is 0.976. The van der Waals surface area contributed by atoms with Gasteiger partial charge in [-0.1, -0.05) is 46.3 Å². The summed E-state index contributed by atoms with van der Waals surface area (Å²) >= 11 is 3.35. The van der Waals surface area contributed by atoms with Crippen molar-refractivity contribution in [3.8, 4) is 11.1 Å². The highest BCUT2D eigenvalue weighted by atomic mass is 79.9. The Morgan fingerprint density at radius 2 is 1.62 bits per heavy atom. The molecule has 16 heavy (non-hydrogen) atoms. The van der Waals surface area contributed by atoms with E-state index < -0.39 is 5.97 Å². The fourth-order valence-electron chi connectivity index (χ4n) is 1.55. The summed E-state index contributed by atoms with van der Waals surface area (Å²) in [4.78, 5) is 11.1. The SMILES string of the molecule is O=C(O)c1ccccc1-c1ccc(Br)cc1. The van der Waals surface area contributed by atoms with Crippen molar-refractivity contribution in [1.82, 2.24) is 0 Å². The zero-order chi connectivity index (χ0) is 11.5. The van der Waals surface area contributed by atoms with Crippen LogP contribution in [0.5, 0.6) is 0 Å². The summed E-state index contributed by atoms with van der Waals surface area (Å²) in [5.41, 5.74) is 1.97. The third-order valence-corrected chi connectivity index (χ3v) is 2.84. The molecule has 0 amide bonds. The standard InChI is InChI=1S/C13H9BrO2/c14-10-7-5-9(6-8-10)11-3-1-2-4-12(11)13(15)16/h1-8H,(H,15,16). The Morgan fingerprint density at radius 1 is 1.00 bits per heavy atom. The van der Waals surface area contributed by atoms with Crippen LogP contribution < -0.4 is 0 Å². The molecule has 0 saturated heterocycles. The molecule has 2 nitrogen and oxygen atoms in total. The first-order chi connectivity index (χ1) is 7.68. The van der Waals surface area contributed by atoms with Crippen LogP contribution in [0.3, 0.4) is 0 Å². The van der Waals surface area contributed by atoms with E-state index in [4.69, 9.17) is 5.11 Å². The molecule has 3 heteroatoms. The lowest BCUT2D eigenvalue weighted by molar-refractivity contribution is 0.0698. The molecule has 0 atom stereocenters. The maximum absolute atomic E-state index is 11.1. The summed E-state index contributed by atoms with van der Waals surface area (Å²) in [6.45, 7) is 0. The van der Waals surface area contributed by atoms with Gasteiger partial charge in [0.1, 0.15) is 0 Å². The van der Waals surface area contributed by atoms with E-state index >= 15 is 0 Å². The van der Waals surface area contributed by atoms with E-state index in [0.717, 1.165) is 15.6 Å². The van der Waals surface area contributed by atoms with Gasteiger partial charge in [-0.3, -0.25) is 0 Å². The van der Waals surface area contributed by atoms with E-state index in [2.05, 4.69) is 15.9 Å². The van der Waals surface area contributed by atoms with Crippen molar-refractivity contribution in [3.05, 3.63) is 58.6 Å². The van der Waals surface area contributed by atoms with E-state index in [1.807, 2.05) is 36.4 Å². The second kappa shape index (κ2) is 4.49. The first-order valence-corrected chi connectivity index (χ1v) is 5.56. The molecule has 0 bridgehead atoms. The average Bonchev–Trinajstić information content (AvgIpc) is 2.30. The second-order valence-corrected chi connectivity index (χ2v) is 4.27. The van der Waals surface area contributed by atoms with Crippen molar-refractivity contribution >= 4 is 21.9 Å². The third-order valence-electron chi connectivity index (χ3n) is 2.31. The zero-order valence-electron chi connectivity index (χ0n) is 8.35. The molecule has 0 radical (unpaired) electrons. The van der Waals surface area contributed by atoms with Crippen LogP contribution in [-0.4, -0.2) is 11.1 Å². The Labute approximate surface area is 102 Å². The molecule has 0 aromatic heterocycles. The maximum Gasteiger partial charge on any atom is 0.336 e. The molecule has 0 fully saturated rings. The number of carbonyl (C=O) groups is 1. The molecule has 2 rings (SSSR count). The molecule has 0 aliphatic carbocycles. The van der Waals surface area contributed by atoms with Gasteiger partial charge in [0.15, 0.2) is 0 Å². The van der Waals surface area contributed by atoms with E-state index in [9.17, 15) is 4.79 Å². The van der Waals surface area contributed by atoms with Crippen LogP contribution in [0.25, 0.3) is 11.1 Å². The molecular formula is C13H9BrO2. The summed E-state index contributed by atoms with van der Waals surface area (Å²) in [7, 11) is 0. The van der Waals surface area contributed by atoms with Crippen LogP contribution in [0.1, 0.15) is 10.4 Å². The highest BCUT2D eigenvalue weighted by Gasteiger charge is 2.09.